The van der Waals surface area contributed by atoms with Gasteiger partial charge in [0, 0.05) is 30.0 Å². The van der Waals surface area contributed by atoms with E-state index in [-0.39, 0.29) is 23.9 Å². The first kappa shape index (κ1) is 14.8. The smallest absolute Gasteiger partial charge is 0.223 e. The lowest BCUT2D eigenvalue weighted by Crippen LogP contribution is -2.32. The molecule has 1 aromatic heterocycles. The molecule has 1 heterocycles. The summed E-state index contributed by atoms with van der Waals surface area (Å²) in [4.78, 5) is 16.4. The first-order valence-corrected chi connectivity index (χ1v) is 7.77. The van der Waals surface area contributed by atoms with E-state index in [4.69, 9.17) is 5.73 Å². The number of aromatic nitrogens is 2. The summed E-state index contributed by atoms with van der Waals surface area (Å²) in [6, 6.07) is 8.29. The molecule has 0 spiro atoms. The molecular formula is C17H22N4O. The lowest BCUT2D eigenvalue weighted by Gasteiger charge is -2.18. The molecule has 1 aromatic carbocycles. The Labute approximate surface area is 130 Å². The van der Waals surface area contributed by atoms with Crippen LogP contribution in [-0.4, -0.2) is 21.5 Å². The minimum Gasteiger partial charge on any atom is -0.349 e. The number of amides is 1. The summed E-state index contributed by atoms with van der Waals surface area (Å²) >= 11 is 0. The number of nitrogens with zero attached hydrogens (tertiary/aromatic N) is 2. The summed E-state index contributed by atoms with van der Waals surface area (Å²) in [6.45, 7) is 2.01. The van der Waals surface area contributed by atoms with Gasteiger partial charge >= 0.3 is 0 Å². The van der Waals surface area contributed by atoms with Crippen LogP contribution in [-0.2, 0) is 4.79 Å². The fourth-order valence-corrected chi connectivity index (χ4v) is 3.04. The van der Waals surface area contributed by atoms with E-state index in [2.05, 4.69) is 16.4 Å². The van der Waals surface area contributed by atoms with Gasteiger partial charge in [0.05, 0.1) is 12.4 Å². The Hall–Kier alpha value is -2.14. The molecule has 2 aromatic rings. The van der Waals surface area contributed by atoms with Crippen molar-refractivity contribution in [2.75, 3.05) is 0 Å². The Morgan fingerprint density at radius 1 is 1.45 bits per heavy atom. The molecule has 0 bridgehead atoms. The highest BCUT2D eigenvalue weighted by Crippen LogP contribution is 2.25. The third-order valence-corrected chi connectivity index (χ3v) is 4.38. The highest BCUT2D eigenvalue weighted by molar-refractivity contribution is 5.79. The molecular weight excluding hydrogens is 276 g/mol. The van der Waals surface area contributed by atoms with Crippen molar-refractivity contribution in [3.63, 3.8) is 0 Å². The number of imidazole rings is 1. The molecule has 116 valence electrons. The van der Waals surface area contributed by atoms with Crippen LogP contribution in [0.25, 0.3) is 5.69 Å². The van der Waals surface area contributed by atoms with Gasteiger partial charge in [-0.15, -0.1) is 0 Å². The fraction of sp³-hybridized carbons (Fsp3) is 0.412. The van der Waals surface area contributed by atoms with E-state index in [1.165, 1.54) is 0 Å². The normalized spacial score (nSPS) is 22.5. The van der Waals surface area contributed by atoms with Crippen LogP contribution < -0.4 is 11.1 Å². The molecule has 1 aliphatic rings. The Balaban J connectivity index is 1.68. The van der Waals surface area contributed by atoms with Crippen molar-refractivity contribution in [3.05, 3.63) is 48.5 Å². The van der Waals surface area contributed by atoms with E-state index >= 15 is 0 Å². The maximum Gasteiger partial charge on any atom is 0.223 e. The predicted octanol–water partition coefficient (Wildman–Crippen LogP) is 2.18. The predicted molar refractivity (Wildman–Crippen MR) is 85.4 cm³/mol. The van der Waals surface area contributed by atoms with Crippen LogP contribution in [0.2, 0.25) is 0 Å². The molecule has 22 heavy (non-hydrogen) atoms. The highest BCUT2D eigenvalue weighted by atomic mass is 16.1. The van der Waals surface area contributed by atoms with Gasteiger partial charge in [-0.05, 0) is 43.9 Å². The van der Waals surface area contributed by atoms with Crippen LogP contribution in [0.3, 0.4) is 0 Å². The van der Waals surface area contributed by atoms with E-state index in [9.17, 15) is 4.79 Å². The average Bonchev–Trinajstić information content (AvgIpc) is 3.18. The zero-order chi connectivity index (χ0) is 15.5. The number of benzene rings is 1. The van der Waals surface area contributed by atoms with Crippen molar-refractivity contribution >= 4 is 5.91 Å². The van der Waals surface area contributed by atoms with Crippen molar-refractivity contribution in [3.8, 4) is 5.69 Å². The minimum absolute atomic E-state index is 0.0206. The van der Waals surface area contributed by atoms with Gasteiger partial charge in [-0.1, -0.05) is 12.1 Å². The van der Waals surface area contributed by atoms with Gasteiger partial charge in [0.25, 0.3) is 0 Å². The molecule has 5 nitrogen and oxygen atoms in total. The lowest BCUT2D eigenvalue weighted by atomic mass is 10.0. The number of hydrogen-bond acceptors (Lipinski definition) is 3. The molecule has 3 atom stereocenters. The van der Waals surface area contributed by atoms with Gasteiger partial charge in [-0.25, -0.2) is 4.98 Å². The molecule has 1 aliphatic carbocycles. The van der Waals surface area contributed by atoms with Crippen LogP contribution in [0.5, 0.6) is 0 Å². The Morgan fingerprint density at radius 3 is 3.00 bits per heavy atom. The van der Waals surface area contributed by atoms with Gasteiger partial charge in [0.1, 0.15) is 0 Å². The molecule has 1 amide bonds. The van der Waals surface area contributed by atoms with Crippen LogP contribution in [0.1, 0.15) is 37.8 Å². The molecule has 1 saturated carbocycles. The topological polar surface area (TPSA) is 72.9 Å². The monoisotopic (exact) mass is 298 g/mol. The molecule has 3 unspecified atom stereocenters. The highest BCUT2D eigenvalue weighted by Gasteiger charge is 2.28. The second-order valence-electron chi connectivity index (χ2n) is 6.07. The summed E-state index contributed by atoms with van der Waals surface area (Å²) < 4.78 is 1.95. The van der Waals surface area contributed by atoms with Gasteiger partial charge in [0.15, 0.2) is 0 Å². The van der Waals surface area contributed by atoms with E-state index in [1.54, 1.807) is 12.5 Å². The van der Waals surface area contributed by atoms with E-state index in [0.717, 1.165) is 30.5 Å². The van der Waals surface area contributed by atoms with Gasteiger partial charge in [-0.2, -0.15) is 0 Å². The Morgan fingerprint density at radius 2 is 2.32 bits per heavy atom. The number of rotatable bonds is 4. The fourth-order valence-electron chi connectivity index (χ4n) is 3.04. The van der Waals surface area contributed by atoms with Crippen LogP contribution in [0.15, 0.2) is 43.0 Å². The third kappa shape index (κ3) is 3.20. The molecule has 3 rings (SSSR count). The van der Waals surface area contributed by atoms with Crippen molar-refractivity contribution < 1.29 is 4.79 Å². The SMILES string of the molecule is CC(NC(=O)C1CCC(N)C1)c1cccc(-n2ccnc2)c1. The van der Waals surface area contributed by atoms with Crippen LogP contribution >= 0.6 is 0 Å². The summed E-state index contributed by atoms with van der Waals surface area (Å²) in [5.41, 5.74) is 8.02. The second kappa shape index (κ2) is 6.32. The number of hydrogen-bond donors (Lipinski definition) is 2. The lowest BCUT2D eigenvalue weighted by molar-refractivity contribution is -0.125. The Kier molecular flexibility index (Phi) is 4.24. The Bertz CT molecular complexity index is 638. The van der Waals surface area contributed by atoms with Gasteiger partial charge < -0.3 is 15.6 Å². The molecule has 0 aliphatic heterocycles. The van der Waals surface area contributed by atoms with Crippen molar-refractivity contribution in [2.24, 2.45) is 11.7 Å². The standard InChI is InChI=1S/C17H22N4O/c1-12(20-17(22)14-5-6-15(18)9-14)13-3-2-4-16(10-13)21-8-7-19-11-21/h2-4,7-8,10-12,14-15H,5-6,9,18H2,1H3,(H,20,22). The maximum atomic E-state index is 12.3. The first-order valence-electron chi connectivity index (χ1n) is 7.77. The second-order valence-corrected chi connectivity index (χ2v) is 6.07. The summed E-state index contributed by atoms with van der Waals surface area (Å²) in [6.07, 6.45) is 8.07. The minimum atomic E-state index is -0.0206. The van der Waals surface area contributed by atoms with Crippen LogP contribution in [0.4, 0.5) is 0 Å². The quantitative estimate of drug-likeness (QED) is 0.908. The molecule has 0 saturated heterocycles. The maximum absolute atomic E-state index is 12.3. The van der Waals surface area contributed by atoms with E-state index < -0.39 is 0 Å². The van der Waals surface area contributed by atoms with Crippen molar-refractivity contribution in [2.45, 2.75) is 38.3 Å². The number of carbonyl (C=O) groups is 1. The van der Waals surface area contributed by atoms with Gasteiger partial charge in [0.2, 0.25) is 5.91 Å². The number of nitrogens with one attached hydrogen (secondary N) is 1. The molecule has 3 N–H and O–H groups in total. The summed E-state index contributed by atoms with van der Waals surface area (Å²) in [5.74, 6) is 0.183. The van der Waals surface area contributed by atoms with Crippen molar-refractivity contribution in [1.29, 1.82) is 0 Å². The van der Waals surface area contributed by atoms with Crippen molar-refractivity contribution in [1.82, 2.24) is 14.9 Å². The summed E-state index contributed by atoms with van der Waals surface area (Å²) in [5, 5.41) is 3.11. The average molecular weight is 298 g/mol. The largest absolute Gasteiger partial charge is 0.349 e. The molecule has 1 fully saturated rings. The zero-order valence-electron chi connectivity index (χ0n) is 12.8. The number of carbonyl (C=O) groups excluding carboxylic acids is 1. The van der Waals surface area contributed by atoms with E-state index in [1.807, 2.05) is 35.9 Å². The molecule has 0 radical (unpaired) electrons. The molecule has 5 heteroatoms. The zero-order valence-corrected chi connectivity index (χ0v) is 12.8. The third-order valence-electron chi connectivity index (χ3n) is 4.38. The first-order chi connectivity index (χ1) is 10.6. The van der Waals surface area contributed by atoms with E-state index in [0.29, 0.717) is 0 Å². The summed E-state index contributed by atoms with van der Waals surface area (Å²) in [7, 11) is 0. The van der Waals surface area contributed by atoms with Crippen LogP contribution in [0, 0.1) is 5.92 Å². The number of nitrogens with two attached hydrogens (primary N) is 1. The van der Waals surface area contributed by atoms with Gasteiger partial charge in [-0.3, -0.25) is 4.79 Å².